The molecule has 4 aromatic rings. The lowest BCUT2D eigenvalue weighted by molar-refractivity contribution is -0.123. The highest BCUT2D eigenvalue weighted by molar-refractivity contribution is 8.18. The van der Waals surface area contributed by atoms with Gasteiger partial charge in [-0.3, -0.25) is 14.5 Å². The lowest BCUT2D eigenvalue weighted by Crippen LogP contribution is -2.32. The summed E-state index contributed by atoms with van der Waals surface area (Å²) in [5, 5.41) is 1.76. The number of hydrogen-bond acceptors (Lipinski definition) is 5. The molecule has 0 spiro atoms. The fraction of sp³-hybridized carbons (Fsp3) is 0.0769. The molecule has 158 valence electrons. The fourth-order valence-corrected chi connectivity index (χ4v) is 4.42. The van der Waals surface area contributed by atoms with E-state index in [1.54, 1.807) is 12.1 Å². The van der Waals surface area contributed by atoms with Gasteiger partial charge < -0.3 is 9.15 Å². The maximum atomic E-state index is 12.8. The van der Waals surface area contributed by atoms with Crippen LogP contribution in [0.3, 0.4) is 0 Å². The minimum Gasteiger partial charge on any atom is -0.491 e. The van der Waals surface area contributed by atoms with Gasteiger partial charge >= 0.3 is 0 Å². The molecule has 0 bridgehead atoms. The van der Waals surface area contributed by atoms with Crippen molar-refractivity contribution in [2.75, 3.05) is 13.2 Å². The van der Waals surface area contributed by atoms with Crippen LogP contribution in [0.1, 0.15) is 5.76 Å². The number of furan rings is 1. The average molecular weight is 442 g/mol. The van der Waals surface area contributed by atoms with Gasteiger partial charge in [0.25, 0.3) is 11.1 Å². The highest BCUT2D eigenvalue weighted by Crippen LogP contribution is 2.33. The van der Waals surface area contributed by atoms with E-state index in [1.165, 1.54) is 4.90 Å². The van der Waals surface area contributed by atoms with Gasteiger partial charge in [-0.1, -0.05) is 66.7 Å². The molecule has 0 aliphatic carbocycles. The second-order valence-corrected chi connectivity index (χ2v) is 8.22. The molecule has 0 saturated carbocycles. The van der Waals surface area contributed by atoms with Crippen LogP contribution < -0.4 is 4.74 Å². The minimum atomic E-state index is -0.334. The first-order valence-electron chi connectivity index (χ1n) is 10.2. The molecule has 2 heterocycles. The standard InChI is InChI=1S/C26H19NO4S/c28-25-24(17-20-13-14-22(31-20)19-8-2-1-3-9-19)32-26(29)27(25)15-16-30-23-12-6-10-18-7-4-5-11-21(18)23/h1-14,17H,15-16H2/b24-17-. The smallest absolute Gasteiger partial charge is 0.293 e. The van der Waals surface area contributed by atoms with E-state index in [4.69, 9.17) is 9.15 Å². The summed E-state index contributed by atoms with van der Waals surface area (Å²) >= 11 is 0.913. The lowest BCUT2D eigenvalue weighted by atomic mass is 10.1. The molecule has 1 aliphatic rings. The Morgan fingerprint density at radius 1 is 0.875 bits per heavy atom. The number of nitrogens with zero attached hydrogens (tertiary/aromatic N) is 1. The Morgan fingerprint density at radius 3 is 2.53 bits per heavy atom. The van der Waals surface area contributed by atoms with Crippen molar-refractivity contribution >= 4 is 39.8 Å². The zero-order valence-electron chi connectivity index (χ0n) is 17.1. The lowest BCUT2D eigenvalue weighted by Gasteiger charge is -2.14. The van der Waals surface area contributed by atoms with Crippen LogP contribution in [0.15, 0.2) is 94.3 Å². The summed E-state index contributed by atoms with van der Waals surface area (Å²) in [6, 6.07) is 27.1. The number of rotatable bonds is 6. The van der Waals surface area contributed by atoms with Crippen molar-refractivity contribution in [2.24, 2.45) is 0 Å². The van der Waals surface area contributed by atoms with Crippen molar-refractivity contribution in [1.29, 1.82) is 0 Å². The normalized spacial score (nSPS) is 15.1. The van der Waals surface area contributed by atoms with E-state index in [0.29, 0.717) is 16.4 Å². The third-order valence-electron chi connectivity index (χ3n) is 5.15. The molecule has 1 aliphatic heterocycles. The SMILES string of the molecule is O=C1S/C(=C\c2ccc(-c3ccccc3)o2)C(=O)N1CCOc1cccc2ccccc12. The summed E-state index contributed by atoms with van der Waals surface area (Å²) < 4.78 is 11.7. The quantitative estimate of drug-likeness (QED) is 0.333. The predicted octanol–water partition coefficient (Wildman–Crippen LogP) is 6.22. The molecule has 6 heteroatoms. The van der Waals surface area contributed by atoms with Gasteiger partial charge in [0.1, 0.15) is 23.9 Å². The highest BCUT2D eigenvalue weighted by atomic mass is 32.2. The molecule has 3 aromatic carbocycles. The predicted molar refractivity (Wildman–Crippen MR) is 126 cm³/mol. The molecular weight excluding hydrogens is 422 g/mol. The summed E-state index contributed by atoms with van der Waals surface area (Å²) in [6.07, 6.45) is 1.61. The Bertz CT molecular complexity index is 1320. The highest BCUT2D eigenvalue weighted by Gasteiger charge is 2.35. The van der Waals surface area contributed by atoms with E-state index < -0.39 is 0 Å². The van der Waals surface area contributed by atoms with Crippen molar-refractivity contribution in [3.05, 3.63) is 95.6 Å². The van der Waals surface area contributed by atoms with Crippen LogP contribution in [0.2, 0.25) is 0 Å². The van der Waals surface area contributed by atoms with Crippen molar-refractivity contribution in [3.8, 4) is 17.1 Å². The molecule has 32 heavy (non-hydrogen) atoms. The summed E-state index contributed by atoms with van der Waals surface area (Å²) in [4.78, 5) is 26.7. The zero-order chi connectivity index (χ0) is 21.9. The summed E-state index contributed by atoms with van der Waals surface area (Å²) in [5.41, 5.74) is 0.950. The van der Waals surface area contributed by atoms with E-state index in [2.05, 4.69) is 0 Å². The Labute approximate surface area is 189 Å². The summed E-state index contributed by atoms with van der Waals surface area (Å²) in [7, 11) is 0. The molecule has 5 rings (SSSR count). The maximum Gasteiger partial charge on any atom is 0.293 e. The van der Waals surface area contributed by atoms with E-state index in [1.807, 2.05) is 78.9 Å². The van der Waals surface area contributed by atoms with Crippen LogP contribution in [0.4, 0.5) is 4.79 Å². The number of imide groups is 1. The Kier molecular flexibility index (Phi) is 5.52. The first-order valence-corrected chi connectivity index (χ1v) is 11.0. The van der Waals surface area contributed by atoms with Crippen LogP contribution in [-0.4, -0.2) is 29.2 Å². The summed E-state index contributed by atoms with van der Waals surface area (Å²) in [5.74, 6) is 1.63. The van der Waals surface area contributed by atoms with Gasteiger partial charge in [0.05, 0.1) is 11.4 Å². The first kappa shape index (κ1) is 20.2. The fourth-order valence-electron chi connectivity index (χ4n) is 3.58. The van der Waals surface area contributed by atoms with Crippen LogP contribution in [-0.2, 0) is 4.79 Å². The molecule has 2 amide bonds. The Balaban J connectivity index is 1.26. The van der Waals surface area contributed by atoms with Crippen LogP contribution in [0.5, 0.6) is 5.75 Å². The van der Waals surface area contributed by atoms with Gasteiger partial charge in [-0.05, 0) is 35.3 Å². The number of carbonyl (C=O) groups is 2. The van der Waals surface area contributed by atoms with Crippen molar-refractivity contribution in [2.45, 2.75) is 0 Å². The molecule has 0 atom stereocenters. The van der Waals surface area contributed by atoms with Gasteiger partial charge in [-0.25, -0.2) is 0 Å². The number of hydrogen-bond donors (Lipinski definition) is 0. The van der Waals surface area contributed by atoms with E-state index >= 15 is 0 Å². The molecule has 0 unspecified atom stereocenters. The van der Waals surface area contributed by atoms with Crippen molar-refractivity contribution in [1.82, 2.24) is 4.90 Å². The van der Waals surface area contributed by atoms with Crippen molar-refractivity contribution in [3.63, 3.8) is 0 Å². The van der Waals surface area contributed by atoms with Gasteiger partial charge in [0, 0.05) is 17.0 Å². The number of ether oxygens (including phenoxy) is 1. The first-order chi connectivity index (χ1) is 15.7. The third kappa shape index (κ3) is 4.05. The van der Waals surface area contributed by atoms with Gasteiger partial charge in [0.15, 0.2) is 0 Å². The number of amides is 2. The monoisotopic (exact) mass is 441 g/mol. The Morgan fingerprint density at radius 2 is 1.66 bits per heavy atom. The third-order valence-corrected chi connectivity index (χ3v) is 6.06. The van der Waals surface area contributed by atoms with Crippen LogP contribution >= 0.6 is 11.8 Å². The molecule has 1 fully saturated rings. The molecule has 5 nitrogen and oxygen atoms in total. The van der Waals surface area contributed by atoms with Gasteiger partial charge in [0.2, 0.25) is 0 Å². The number of fused-ring (bicyclic) bond motifs is 1. The molecular formula is C26H19NO4S. The topological polar surface area (TPSA) is 59.8 Å². The van der Waals surface area contributed by atoms with Gasteiger partial charge in [-0.15, -0.1) is 0 Å². The minimum absolute atomic E-state index is 0.179. The van der Waals surface area contributed by atoms with Gasteiger partial charge in [-0.2, -0.15) is 0 Å². The molecule has 0 N–H and O–H groups in total. The second kappa shape index (κ2) is 8.77. The average Bonchev–Trinajstić information content (AvgIpc) is 3.40. The van der Waals surface area contributed by atoms with E-state index in [-0.39, 0.29) is 24.3 Å². The number of thioether (sulfide) groups is 1. The molecule has 1 saturated heterocycles. The second-order valence-electron chi connectivity index (χ2n) is 7.23. The molecule has 1 aromatic heterocycles. The zero-order valence-corrected chi connectivity index (χ0v) is 17.9. The number of benzene rings is 3. The van der Waals surface area contributed by atoms with Crippen molar-refractivity contribution < 1.29 is 18.7 Å². The summed E-state index contributed by atoms with van der Waals surface area (Å²) in [6.45, 7) is 0.400. The van der Waals surface area contributed by atoms with E-state index in [9.17, 15) is 9.59 Å². The Hall–Kier alpha value is -3.77. The maximum absolute atomic E-state index is 12.8. The number of carbonyl (C=O) groups excluding carboxylic acids is 2. The van der Waals surface area contributed by atoms with Crippen LogP contribution in [0.25, 0.3) is 28.2 Å². The van der Waals surface area contributed by atoms with E-state index in [0.717, 1.165) is 33.8 Å². The largest absolute Gasteiger partial charge is 0.491 e. The molecule has 0 radical (unpaired) electrons. The van der Waals surface area contributed by atoms with Crippen LogP contribution in [0, 0.1) is 0 Å².